The van der Waals surface area contributed by atoms with Crippen LogP contribution in [-0.4, -0.2) is 47.9 Å². The highest BCUT2D eigenvalue weighted by atomic mass is 35.5. The Morgan fingerprint density at radius 3 is 2.24 bits per heavy atom. The number of amides is 1. The Labute approximate surface area is 199 Å². The number of hydrogen-bond donors (Lipinski definition) is 2. The van der Waals surface area contributed by atoms with Gasteiger partial charge >= 0.3 is 0 Å². The van der Waals surface area contributed by atoms with Crippen molar-refractivity contribution in [2.45, 2.75) is 31.8 Å². The third-order valence-electron chi connectivity index (χ3n) is 5.42. The molecule has 0 bridgehead atoms. The maximum Gasteiger partial charge on any atom is 0.245 e. The van der Waals surface area contributed by atoms with Crippen LogP contribution in [0.3, 0.4) is 0 Å². The summed E-state index contributed by atoms with van der Waals surface area (Å²) in [7, 11) is 3.80. The van der Waals surface area contributed by atoms with E-state index in [2.05, 4.69) is 9.97 Å². The number of hydroxylamine groups is 1. The van der Waals surface area contributed by atoms with Crippen molar-refractivity contribution in [1.82, 2.24) is 15.4 Å². The molecular formula is C25H29ClN4O3. The van der Waals surface area contributed by atoms with Gasteiger partial charge in [-0.3, -0.25) is 10.0 Å². The molecule has 2 unspecified atom stereocenters. The molecule has 33 heavy (non-hydrogen) atoms. The lowest BCUT2D eigenvalue weighted by Crippen LogP contribution is -2.31. The molecule has 0 spiro atoms. The minimum Gasteiger partial charge on any atom is -0.377 e. The predicted octanol–water partition coefficient (Wildman–Crippen LogP) is 4.49. The molecular weight excluding hydrogens is 440 g/mol. The van der Waals surface area contributed by atoms with Crippen LogP contribution >= 0.6 is 11.6 Å². The van der Waals surface area contributed by atoms with E-state index >= 15 is 0 Å². The summed E-state index contributed by atoms with van der Waals surface area (Å²) in [6.45, 7) is 2.35. The van der Waals surface area contributed by atoms with Crippen LogP contribution in [0.4, 0.5) is 5.95 Å². The molecule has 0 saturated carbocycles. The minimum atomic E-state index is -0.482. The second kappa shape index (κ2) is 11.7. The molecule has 0 saturated heterocycles. The molecule has 7 nitrogen and oxygen atoms in total. The van der Waals surface area contributed by atoms with Gasteiger partial charge in [0, 0.05) is 49.6 Å². The zero-order valence-electron chi connectivity index (χ0n) is 19.0. The molecule has 0 radical (unpaired) electrons. The molecule has 174 valence electrons. The van der Waals surface area contributed by atoms with E-state index in [1.165, 1.54) is 0 Å². The number of anilines is 1. The van der Waals surface area contributed by atoms with Crippen molar-refractivity contribution >= 4 is 23.5 Å². The van der Waals surface area contributed by atoms with Gasteiger partial charge in [0.1, 0.15) is 0 Å². The first-order valence-corrected chi connectivity index (χ1v) is 11.2. The number of nitrogens with zero attached hydrogens (tertiary/aromatic N) is 3. The number of halogens is 1. The summed E-state index contributed by atoms with van der Waals surface area (Å²) in [4.78, 5) is 22.6. The van der Waals surface area contributed by atoms with Crippen LogP contribution in [0.2, 0.25) is 5.02 Å². The van der Waals surface area contributed by atoms with E-state index in [-0.39, 0.29) is 12.3 Å². The molecule has 1 amide bonds. The Hall–Kier alpha value is -3.00. The van der Waals surface area contributed by atoms with E-state index in [1.54, 1.807) is 17.9 Å². The summed E-state index contributed by atoms with van der Waals surface area (Å²) in [5.41, 5.74) is 5.75. The van der Waals surface area contributed by atoms with Crippen LogP contribution in [-0.2, 0) is 16.0 Å². The van der Waals surface area contributed by atoms with E-state index < -0.39 is 12.0 Å². The fourth-order valence-corrected chi connectivity index (χ4v) is 3.85. The van der Waals surface area contributed by atoms with Crippen LogP contribution in [0.5, 0.6) is 0 Å². The van der Waals surface area contributed by atoms with E-state index in [9.17, 15) is 4.79 Å². The lowest BCUT2D eigenvalue weighted by atomic mass is 9.85. The summed E-state index contributed by atoms with van der Waals surface area (Å²) in [6.07, 6.45) is 3.89. The molecule has 0 aliphatic heterocycles. The summed E-state index contributed by atoms with van der Waals surface area (Å²) in [6, 6.07) is 15.8. The summed E-state index contributed by atoms with van der Waals surface area (Å²) < 4.78 is 5.95. The Morgan fingerprint density at radius 2 is 1.70 bits per heavy atom. The van der Waals surface area contributed by atoms with E-state index in [1.807, 2.05) is 74.4 Å². The smallest absolute Gasteiger partial charge is 0.245 e. The van der Waals surface area contributed by atoms with Gasteiger partial charge in [-0.2, -0.15) is 0 Å². The lowest BCUT2D eigenvalue weighted by Gasteiger charge is -2.27. The average molecular weight is 469 g/mol. The van der Waals surface area contributed by atoms with Crippen molar-refractivity contribution in [3.05, 3.63) is 77.1 Å². The highest BCUT2D eigenvalue weighted by molar-refractivity contribution is 6.30. The first-order valence-electron chi connectivity index (χ1n) is 10.8. The number of hydrogen-bond acceptors (Lipinski definition) is 6. The van der Waals surface area contributed by atoms with Crippen LogP contribution in [0.25, 0.3) is 11.1 Å². The van der Waals surface area contributed by atoms with Gasteiger partial charge in [0.15, 0.2) is 0 Å². The number of aromatic nitrogens is 2. The van der Waals surface area contributed by atoms with Gasteiger partial charge in [0.2, 0.25) is 11.9 Å². The molecule has 8 heteroatoms. The van der Waals surface area contributed by atoms with Crippen molar-refractivity contribution in [2.24, 2.45) is 0 Å². The number of nitrogens with one attached hydrogen (secondary N) is 1. The van der Waals surface area contributed by atoms with Crippen LogP contribution in [0, 0.1) is 0 Å². The molecule has 0 fully saturated rings. The number of ether oxygens (including phenoxy) is 1. The largest absolute Gasteiger partial charge is 0.377 e. The molecule has 2 N–H and O–H groups in total. The van der Waals surface area contributed by atoms with Gasteiger partial charge in [0.05, 0.1) is 12.5 Å². The van der Waals surface area contributed by atoms with Crippen molar-refractivity contribution < 1.29 is 14.7 Å². The monoisotopic (exact) mass is 468 g/mol. The maximum atomic E-state index is 12.0. The van der Waals surface area contributed by atoms with Crippen LogP contribution in [0.15, 0.2) is 60.9 Å². The lowest BCUT2D eigenvalue weighted by molar-refractivity contribution is -0.132. The van der Waals surface area contributed by atoms with E-state index in [0.29, 0.717) is 24.0 Å². The topological polar surface area (TPSA) is 87.6 Å². The molecule has 1 heterocycles. The average Bonchev–Trinajstić information content (AvgIpc) is 2.83. The molecule has 3 rings (SSSR count). The quantitative estimate of drug-likeness (QED) is 0.336. The van der Waals surface area contributed by atoms with Gasteiger partial charge < -0.3 is 9.64 Å². The zero-order valence-corrected chi connectivity index (χ0v) is 19.8. The molecule has 3 aromatic rings. The number of carbonyl (C=O) groups is 1. The van der Waals surface area contributed by atoms with Crippen molar-refractivity contribution in [2.75, 3.05) is 25.6 Å². The molecule has 2 atom stereocenters. The van der Waals surface area contributed by atoms with Gasteiger partial charge in [-0.1, -0.05) is 48.0 Å². The normalized spacial score (nSPS) is 12.8. The summed E-state index contributed by atoms with van der Waals surface area (Å²) in [5, 5.41) is 9.73. The first-order chi connectivity index (χ1) is 15.9. The third kappa shape index (κ3) is 6.74. The molecule has 0 aliphatic rings. The Morgan fingerprint density at radius 1 is 1.06 bits per heavy atom. The SMILES string of the molecule is CCOC(CC(=O)NO)C(Cc1ccc(Cl)cc1)c1ccc(-c2cnc(N(C)C)nc2)cc1. The summed E-state index contributed by atoms with van der Waals surface area (Å²) >= 11 is 6.05. The van der Waals surface area contributed by atoms with Gasteiger partial charge in [0.25, 0.3) is 0 Å². The maximum absolute atomic E-state index is 12.0. The molecule has 0 aliphatic carbocycles. The van der Waals surface area contributed by atoms with Crippen molar-refractivity contribution in [1.29, 1.82) is 0 Å². The highest BCUT2D eigenvalue weighted by Crippen LogP contribution is 2.31. The Kier molecular flexibility index (Phi) is 8.77. The second-order valence-corrected chi connectivity index (χ2v) is 8.39. The third-order valence-corrected chi connectivity index (χ3v) is 5.67. The fourth-order valence-electron chi connectivity index (χ4n) is 3.72. The second-order valence-electron chi connectivity index (χ2n) is 7.96. The van der Waals surface area contributed by atoms with Gasteiger partial charge in [-0.25, -0.2) is 15.4 Å². The highest BCUT2D eigenvalue weighted by Gasteiger charge is 2.27. The van der Waals surface area contributed by atoms with Crippen LogP contribution < -0.4 is 10.4 Å². The molecule has 1 aromatic heterocycles. The Balaban J connectivity index is 1.90. The van der Waals surface area contributed by atoms with Crippen molar-refractivity contribution in [3.8, 4) is 11.1 Å². The van der Waals surface area contributed by atoms with Crippen molar-refractivity contribution in [3.63, 3.8) is 0 Å². The minimum absolute atomic E-state index is 0.0458. The fraction of sp³-hybridized carbons (Fsp3) is 0.320. The standard InChI is InChI=1S/C25H29ClN4O3/c1-4-33-23(14-24(31)29-32)22(13-17-5-11-21(26)12-6-17)19-9-7-18(8-10-19)20-15-27-25(28-16-20)30(2)3/h5-12,15-16,22-23,32H,4,13-14H2,1-3H3,(H,29,31). The number of rotatable bonds is 10. The summed E-state index contributed by atoms with van der Waals surface area (Å²) in [5.74, 6) is 0.0641. The van der Waals surface area contributed by atoms with Gasteiger partial charge in [-0.15, -0.1) is 0 Å². The van der Waals surface area contributed by atoms with E-state index in [0.717, 1.165) is 22.3 Å². The number of benzene rings is 2. The van der Waals surface area contributed by atoms with Crippen LogP contribution in [0.1, 0.15) is 30.4 Å². The predicted molar refractivity (Wildman–Crippen MR) is 130 cm³/mol. The van der Waals surface area contributed by atoms with Gasteiger partial charge in [-0.05, 0) is 42.2 Å². The molecule has 2 aromatic carbocycles. The van der Waals surface area contributed by atoms with E-state index in [4.69, 9.17) is 21.5 Å². The zero-order chi connectivity index (χ0) is 23.8. The number of carbonyl (C=O) groups excluding carboxylic acids is 1. The Bertz CT molecular complexity index is 1030. The first kappa shape index (κ1) is 24.6.